The summed E-state index contributed by atoms with van der Waals surface area (Å²) < 4.78 is 0. The van der Waals surface area contributed by atoms with E-state index in [0.29, 0.717) is 22.7 Å². The molecule has 3 N–H and O–H groups in total. The van der Waals surface area contributed by atoms with Gasteiger partial charge in [0.15, 0.2) is 5.78 Å². The standard InChI is InChI=1S/C15H22N2O/c1-10(18)12-9-11(6-7-13(12)16)17-14-5-4-8-15(14,2)3/h6-7,9,14,17H,4-5,8,16H2,1-3H3. The lowest BCUT2D eigenvalue weighted by atomic mass is 9.87. The minimum absolute atomic E-state index is 0.0156. The molecule has 0 aromatic heterocycles. The molecule has 0 amide bonds. The van der Waals surface area contributed by atoms with Gasteiger partial charge in [0.2, 0.25) is 0 Å². The van der Waals surface area contributed by atoms with E-state index < -0.39 is 0 Å². The molecule has 2 rings (SSSR count). The maximum absolute atomic E-state index is 11.5. The van der Waals surface area contributed by atoms with Gasteiger partial charge in [-0.2, -0.15) is 0 Å². The maximum Gasteiger partial charge on any atom is 0.161 e. The summed E-state index contributed by atoms with van der Waals surface area (Å²) in [4.78, 5) is 11.5. The fourth-order valence-corrected chi connectivity index (χ4v) is 2.75. The third kappa shape index (κ3) is 2.50. The zero-order valence-electron chi connectivity index (χ0n) is 11.4. The Labute approximate surface area is 109 Å². The van der Waals surface area contributed by atoms with Crippen LogP contribution in [0.4, 0.5) is 11.4 Å². The third-order valence-electron chi connectivity index (χ3n) is 4.03. The summed E-state index contributed by atoms with van der Waals surface area (Å²) in [6.07, 6.45) is 3.70. The largest absolute Gasteiger partial charge is 0.398 e. The summed E-state index contributed by atoms with van der Waals surface area (Å²) in [5, 5.41) is 3.55. The number of Topliss-reactive ketones (excluding diaryl/α,β-unsaturated/α-hetero) is 1. The van der Waals surface area contributed by atoms with Crippen LogP contribution in [0.1, 0.15) is 50.4 Å². The normalized spacial score (nSPS) is 21.8. The quantitative estimate of drug-likeness (QED) is 0.634. The summed E-state index contributed by atoms with van der Waals surface area (Å²) in [6, 6.07) is 6.10. The second-order valence-electron chi connectivity index (χ2n) is 5.94. The van der Waals surface area contributed by atoms with Crippen LogP contribution in [0.25, 0.3) is 0 Å². The molecule has 98 valence electrons. The van der Waals surface area contributed by atoms with Crippen molar-refractivity contribution in [1.82, 2.24) is 0 Å². The molecule has 0 saturated heterocycles. The summed E-state index contributed by atoms with van der Waals surface area (Å²) in [7, 11) is 0. The fraction of sp³-hybridized carbons (Fsp3) is 0.533. The number of carbonyl (C=O) groups excluding carboxylic acids is 1. The lowest BCUT2D eigenvalue weighted by molar-refractivity contribution is 0.101. The van der Waals surface area contributed by atoms with Crippen LogP contribution in [0, 0.1) is 5.41 Å². The summed E-state index contributed by atoms with van der Waals surface area (Å²) in [6.45, 7) is 6.14. The van der Waals surface area contributed by atoms with E-state index in [2.05, 4.69) is 19.2 Å². The van der Waals surface area contributed by atoms with Crippen molar-refractivity contribution in [3.63, 3.8) is 0 Å². The molecule has 1 unspecified atom stereocenters. The van der Waals surface area contributed by atoms with E-state index >= 15 is 0 Å². The molecule has 1 aliphatic carbocycles. The van der Waals surface area contributed by atoms with E-state index in [0.717, 1.165) is 5.69 Å². The Bertz CT molecular complexity index is 466. The Morgan fingerprint density at radius 3 is 2.72 bits per heavy atom. The van der Waals surface area contributed by atoms with Crippen LogP contribution in [0.5, 0.6) is 0 Å². The lowest BCUT2D eigenvalue weighted by Crippen LogP contribution is -2.30. The van der Waals surface area contributed by atoms with Crippen molar-refractivity contribution in [2.24, 2.45) is 5.41 Å². The number of anilines is 2. The predicted molar refractivity (Wildman–Crippen MR) is 75.9 cm³/mol. The van der Waals surface area contributed by atoms with Crippen LogP contribution >= 0.6 is 0 Å². The highest BCUT2D eigenvalue weighted by Crippen LogP contribution is 2.39. The second kappa shape index (κ2) is 4.63. The minimum Gasteiger partial charge on any atom is -0.398 e. The fourth-order valence-electron chi connectivity index (χ4n) is 2.75. The van der Waals surface area contributed by atoms with E-state index in [1.807, 2.05) is 12.1 Å². The van der Waals surface area contributed by atoms with Gasteiger partial charge in [-0.1, -0.05) is 20.3 Å². The molecule has 1 saturated carbocycles. The van der Waals surface area contributed by atoms with Crippen LogP contribution in [-0.2, 0) is 0 Å². The molecule has 1 fully saturated rings. The van der Waals surface area contributed by atoms with Crippen LogP contribution in [-0.4, -0.2) is 11.8 Å². The second-order valence-corrected chi connectivity index (χ2v) is 5.94. The summed E-state index contributed by atoms with van der Waals surface area (Å²) in [5.74, 6) is 0.0156. The van der Waals surface area contributed by atoms with Gasteiger partial charge in [0.1, 0.15) is 0 Å². The number of hydrogen-bond donors (Lipinski definition) is 2. The highest BCUT2D eigenvalue weighted by Gasteiger charge is 2.34. The minimum atomic E-state index is 0.0156. The summed E-state index contributed by atoms with van der Waals surface area (Å²) >= 11 is 0. The van der Waals surface area contributed by atoms with Gasteiger partial charge < -0.3 is 11.1 Å². The average molecular weight is 246 g/mol. The molecule has 1 aliphatic rings. The number of nitrogens with two attached hydrogens (primary N) is 1. The van der Waals surface area contributed by atoms with E-state index in [-0.39, 0.29) is 5.78 Å². The molecule has 0 aliphatic heterocycles. The molecule has 1 aromatic rings. The first-order valence-electron chi connectivity index (χ1n) is 6.57. The predicted octanol–water partition coefficient (Wildman–Crippen LogP) is 3.46. The van der Waals surface area contributed by atoms with Gasteiger partial charge in [-0.05, 0) is 43.4 Å². The molecular formula is C15H22N2O. The number of nitrogens with one attached hydrogen (secondary N) is 1. The van der Waals surface area contributed by atoms with Gasteiger partial charge in [-0.3, -0.25) is 4.79 Å². The number of ketones is 1. The van der Waals surface area contributed by atoms with Crippen molar-refractivity contribution < 1.29 is 4.79 Å². The number of rotatable bonds is 3. The Hall–Kier alpha value is -1.51. The number of nitrogen functional groups attached to an aromatic ring is 1. The first-order chi connectivity index (χ1) is 8.40. The Morgan fingerprint density at radius 1 is 1.44 bits per heavy atom. The molecule has 0 heterocycles. The molecule has 0 radical (unpaired) electrons. The zero-order chi connectivity index (χ0) is 13.3. The molecule has 3 heteroatoms. The Balaban J connectivity index is 2.20. The number of hydrogen-bond acceptors (Lipinski definition) is 3. The van der Waals surface area contributed by atoms with E-state index in [4.69, 9.17) is 5.73 Å². The zero-order valence-corrected chi connectivity index (χ0v) is 11.4. The molecule has 1 aromatic carbocycles. The molecule has 0 bridgehead atoms. The van der Waals surface area contributed by atoms with E-state index in [9.17, 15) is 4.79 Å². The van der Waals surface area contributed by atoms with Crippen molar-refractivity contribution in [2.45, 2.75) is 46.1 Å². The van der Waals surface area contributed by atoms with Crippen molar-refractivity contribution >= 4 is 17.2 Å². The van der Waals surface area contributed by atoms with Gasteiger partial charge in [0.05, 0.1) is 0 Å². The highest BCUT2D eigenvalue weighted by atomic mass is 16.1. The van der Waals surface area contributed by atoms with Crippen LogP contribution < -0.4 is 11.1 Å². The van der Waals surface area contributed by atoms with Crippen molar-refractivity contribution in [3.05, 3.63) is 23.8 Å². The smallest absolute Gasteiger partial charge is 0.161 e. The molecule has 0 spiro atoms. The number of benzene rings is 1. The van der Waals surface area contributed by atoms with Crippen molar-refractivity contribution in [3.8, 4) is 0 Å². The maximum atomic E-state index is 11.5. The summed E-state index contributed by atoms with van der Waals surface area (Å²) in [5.41, 5.74) is 8.28. The SMILES string of the molecule is CC(=O)c1cc(NC2CCCC2(C)C)ccc1N. The van der Waals surface area contributed by atoms with Crippen molar-refractivity contribution in [2.75, 3.05) is 11.1 Å². The first kappa shape index (κ1) is 12.9. The van der Waals surface area contributed by atoms with Crippen LogP contribution in [0.2, 0.25) is 0 Å². The monoisotopic (exact) mass is 246 g/mol. The lowest BCUT2D eigenvalue weighted by Gasteiger charge is -2.29. The van der Waals surface area contributed by atoms with Gasteiger partial charge >= 0.3 is 0 Å². The number of carbonyl (C=O) groups is 1. The van der Waals surface area contributed by atoms with Gasteiger partial charge in [-0.25, -0.2) is 0 Å². The topological polar surface area (TPSA) is 55.1 Å². The van der Waals surface area contributed by atoms with Gasteiger partial charge in [0, 0.05) is 23.0 Å². The van der Waals surface area contributed by atoms with Gasteiger partial charge in [-0.15, -0.1) is 0 Å². The van der Waals surface area contributed by atoms with E-state index in [1.54, 1.807) is 13.0 Å². The first-order valence-corrected chi connectivity index (χ1v) is 6.57. The Kier molecular flexibility index (Phi) is 3.33. The molecule has 1 atom stereocenters. The van der Waals surface area contributed by atoms with Crippen LogP contribution in [0.3, 0.4) is 0 Å². The molecular weight excluding hydrogens is 224 g/mol. The van der Waals surface area contributed by atoms with Crippen LogP contribution in [0.15, 0.2) is 18.2 Å². The van der Waals surface area contributed by atoms with Crippen molar-refractivity contribution in [1.29, 1.82) is 0 Å². The highest BCUT2D eigenvalue weighted by molar-refractivity contribution is 6.00. The third-order valence-corrected chi connectivity index (χ3v) is 4.03. The van der Waals surface area contributed by atoms with E-state index in [1.165, 1.54) is 19.3 Å². The average Bonchev–Trinajstić information content (AvgIpc) is 2.60. The Morgan fingerprint density at radius 2 is 2.17 bits per heavy atom. The molecule has 3 nitrogen and oxygen atoms in total. The van der Waals surface area contributed by atoms with Gasteiger partial charge in [0.25, 0.3) is 0 Å². The molecule has 18 heavy (non-hydrogen) atoms.